The Balaban J connectivity index is 2.29. The van der Waals surface area contributed by atoms with Crippen LogP contribution in [0.1, 0.15) is 47.5 Å². The van der Waals surface area contributed by atoms with Crippen LogP contribution in [0.15, 0.2) is 0 Å². The number of carbonyl (C=O) groups excluding carboxylic acids is 1. The van der Waals surface area contributed by atoms with Gasteiger partial charge in [0.05, 0.1) is 12.0 Å². The molecule has 21 heavy (non-hydrogen) atoms. The highest BCUT2D eigenvalue weighted by Gasteiger charge is 2.30. The quantitative estimate of drug-likeness (QED) is 0.706. The highest BCUT2D eigenvalue weighted by Crippen LogP contribution is 2.24. The summed E-state index contributed by atoms with van der Waals surface area (Å²) in [5, 5.41) is 0. The first-order valence-corrected chi connectivity index (χ1v) is 8.18. The fourth-order valence-corrected chi connectivity index (χ4v) is 2.26. The number of nitrogens with zero attached hydrogens (tertiary/aromatic N) is 2. The highest BCUT2D eigenvalue weighted by molar-refractivity contribution is 5.75. The molecule has 124 valence electrons. The van der Waals surface area contributed by atoms with Crippen molar-refractivity contribution in [3.05, 3.63) is 0 Å². The molecule has 1 aliphatic rings. The average Bonchev–Trinajstić information content (AvgIpc) is 2.36. The van der Waals surface area contributed by atoms with Gasteiger partial charge in [0.25, 0.3) is 0 Å². The van der Waals surface area contributed by atoms with Gasteiger partial charge in [0.1, 0.15) is 0 Å². The zero-order valence-electron chi connectivity index (χ0n) is 14.9. The van der Waals surface area contributed by atoms with Crippen LogP contribution in [0.4, 0.5) is 0 Å². The molecule has 1 aliphatic heterocycles. The molecule has 0 atom stereocenters. The maximum absolute atomic E-state index is 12.2. The molecule has 4 heteroatoms. The molecule has 4 nitrogen and oxygen atoms in total. The van der Waals surface area contributed by atoms with E-state index in [0.29, 0.717) is 6.61 Å². The summed E-state index contributed by atoms with van der Waals surface area (Å²) in [4.78, 5) is 17.0. The van der Waals surface area contributed by atoms with Gasteiger partial charge < -0.3 is 14.5 Å². The van der Waals surface area contributed by atoms with Crippen molar-refractivity contribution in [2.75, 3.05) is 46.4 Å². The van der Waals surface area contributed by atoms with Crippen LogP contribution in [0, 0.1) is 10.8 Å². The van der Waals surface area contributed by atoms with Gasteiger partial charge >= 0.3 is 5.97 Å². The Hall–Kier alpha value is -0.610. The minimum absolute atomic E-state index is 0.0547. The molecule has 0 aromatic rings. The van der Waals surface area contributed by atoms with E-state index in [-0.39, 0.29) is 16.8 Å². The van der Waals surface area contributed by atoms with Crippen LogP contribution in [0.5, 0.6) is 0 Å². The molecule has 0 aliphatic carbocycles. The van der Waals surface area contributed by atoms with Gasteiger partial charge in [0.2, 0.25) is 0 Å². The van der Waals surface area contributed by atoms with Crippen molar-refractivity contribution in [2.45, 2.75) is 47.5 Å². The van der Waals surface area contributed by atoms with Crippen LogP contribution >= 0.6 is 0 Å². The van der Waals surface area contributed by atoms with E-state index in [1.54, 1.807) is 0 Å². The summed E-state index contributed by atoms with van der Waals surface area (Å²) in [5.41, 5.74) is -0.175. The lowest BCUT2D eigenvalue weighted by Gasteiger charge is -2.34. The van der Waals surface area contributed by atoms with Gasteiger partial charge in [-0.15, -0.1) is 0 Å². The van der Waals surface area contributed by atoms with E-state index in [1.807, 2.05) is 13.8 Å². The molecule has 0 N–H and O–H groups in total. The molecule has 0 aromatic heterocycles. The van der Waals surface area contributed by atoms with E-state index in [0.717, 1.165) is 45.6 Å². The Bertz CT molecular complexity index is 326. The molecule has 0 unspecified atom stereocenters. The van der Waals surface area contributed by atoms with Crippen LogP contribution in [0.2, 0.25) is 0 Å². The number of likely N-dealkylation sites (N-methyl/N-ethyl adjacent to an activating group) is 1. The van der Waals surface area contributed by atoms with Crippen molar-refractivity contribution in [1.29, 1.82) is 0 Å². The molecular formula is C17H34N2O2. The molecule has 0 aromatic carbocycles. The maximum Gasteiger partial charge on any atom is 0.311 e. The summed E-state index contributed by atoms with van der Waals surface area (Å²) in [6.45, 7) is 16.5. The number of carbonyl (C=O) groups is 1. The fourth-order valence-electron chi connectivity index (χ4n) is 2.26. The van der Waals surface area contributed by atoms with Crippen molar-refractivity contribution >= 4 is 5.97 Å². The van der Waals surface area contributed by atoms with Crippen LogP contribution in [0.25, 0.3) is 0 Å². The van der Waals surface area contributed by atoms with E-state index in [4.69, 9.17) is 4.74 Å². The van der Waals surface area contributed by atoms with Crippen molar-refractivity contribution < 1.29 is 9.53 Å². The Labute approximate surface area is 130 Å². The number of ether oxygens (including phenoxy) is 1. The molecule has 0 bridgehead atoms. The lowest BCUT2D eigenvalue weighted by atomic mass is 9.89. The van der Waals surface area contributed by atoms with E-state index in [2.05, 4.69) is 37.6 Å². The van der Waals surface area contributed by atoms with Crippen LogP contribution in [-0.2, 0) is 9.53 Å². The van der Waals surface area contributed by atoms with E-state index in [9.17, 15) is 4.79 Å². The molecule has 0 saturated carbocycles. The molecule has 0 amide bonds. The average molecular weight is 298 g/mol. The maximum atomic E-state index is 12.2. The number of rotatable bonds is 6. The summed E-state index contributed by atoms with van der Waals surface area (Å²) < 4.78 is 5.47. The third kappa shape index (κ3) is 7.28. The first-order valence-electron chi connectivity index (χ1n) is 8.18. The molecule has 1 fully saturated rings. The van der Waals surface area contributed by atoms with Gasteiger partial charge in [-0.2, -0.15) is 0 Å². The second-order valence-corrected chi connectivity index (χ2v) is 8.23. The minimum atomic E-state index is -0.388. The number of piperazine rings is 1. The summed E-state index contributed by atoms with van der Waals surface area (Å²) in [7, 11) is 2.16. The van der Waals surface area contributed by atoms with Gasteiger partial charge in [0.15, 0.2) is 0 Å². The summed E-state index contributed by atoms with van der Waals surface area (Å²) >= 11 is 0. The normalized spacial score (nSPS) is 18.8. The Morgan fingerprint density at radius 2 is 1.57 bits per heavy atom. The van der Waals surface area contributed by atoms with Crippen molar-refractivity contribution in [3.63, 3.8) is 0 Å². The second kappa shape index (κ2) is 7.59. The lowest BCUT2D eigenvalue weighted by molar-refractivity contribution is -0.155. The molecule has 0 radical (unpaired) electrons. The van der Waals surface area contributed by atoms with E-state index < -0.39 is 0 Å². The van der Waals surface area contributed by atoms with Crippen molar-refractivity contribution in [3.8, 4) is 0 Å². The van der Waals surface area contributed by atoms with Crippen LogP contribution in [0.3, 0.4) is 0 Å². The molecular weight excluding hydrogens is 264 g/mol. The predicted molar refractivity (Wildman–Crippen MR) is 87.4 cm³/mol. The largest absolute Gasteiger partial charge is 0.465 e. The third-order valence-electron chi connectivity index (χ3n) is 4.29. The molecule has 1 rings (SSSR count). The van der Waals surface area contributed by atoms with Gasteiger partial charge in [0, 0.05) is 26.2 Å². The van der Waals surface area contributed by atoms with Gasteiger partial charge in [-0.1, -0.05) is 20.8 Å². The first kappa shape index (κ1) is 18.4. The van der Waals surface area contributed by atoms with Gasteiger partial charge in [-0.05, 0) is 45.7 Å². The molecule has 1 saturated heterocycles. The summed E-state index contributed by atoms with van der Waals surface area (Å²) in [6.07, 6.45) is 1.78. The highest BCUT2D eigenvalue weighted by atomic mass is 16.5. The lowest BCUT2D eigenvalue weighted by Crippen LogP contribution is -2.45. The smallest absolute Gasteiger partial charge is 0.311 e. The molecule has 0 spiro atoms. The SMILES string of the molecule is CN1CCN(CCC(C)(C)C(=O)OCCC(C)(C)C)CC1. The Morgan fingerprint density at radius 3 is 2.10 bits per heavy atom. The third-order valence-corrected chi connectivity index (χ3v) is 4.29. The van der Waals surface area contributed by atoms with E-state index >= 15 is 0 Å². The van der Waals surface area contributed by atoms with Crippen molar-refractivity contribution in [2.24, 2.45) is 10.8 Å². The predicted octanol–water partition coefficient (Wildman–Crippen LogP) is 2.63. The van der Waals surface area contributed by atoms with Gasteiger partial charge in [-0.25, -0.2) is 0 Å². The second-order valence-electron chi connectivity index (χ2n) is 8.23. The van der Waals surface area contributed by atoms with Crippen LogP contribution < -0.4 is 0 Å². The topological polar surface area (TPSA) is 32.8 Å². The molecule has 1 heterocycles. The number of esters is 1. The van der Waals surface area contributed by atoms with E-state index in [1.165, 1.54) is 0 Å². The summed E-state index contributed by atoms with van der Waals surface area (Å²) in [5.74, 6) is -0.0547. The Kier molecular flexibility index (Phi) is 6.67. The van der Waals surface area contributed by atoms with Crippen molar-refractivity contribution in [1.82, 2.24) is 9.80 Å². The fraction of sp³-hybridized carbons (Fsp3) is 0.941. The monoisotopic (exact) mass is 298 g/mol. The van der Waals surface area contributed by atoms with Gasteiger partial charge in [-0.3, -0.25) is 4.79 Å². The first-order chi connectivity index (χ1) is 9.60. The Morgan fingerprint density at radius 1 is 1.00 bits per heavy atom. The number of hydrogen-bond donors (Lipinski definition) is 0. The number of hydrogen-bond acceptors (Lipinski definition) is 4. The minimum Gasteiger partial charge on any atom is -0.465 e. The van der Waals surface area contributed by atoms with Crippen LogP contribution in [-0.4, -0.2) is 62.1 Å². The zero-order valence-corrected chi connectivity index (χ0v) is 14.9. The summed E-state index contributed by atoms with van der Waals surface area (Å²) in [6, 6.07) is 0. The zero-order chi connectivity index (χ0) is 16.1. The standard InChI is InChI=1S/C17H34N2O2/c1-16(2,3)8-14-21-15(20)17(4,5)7-9-19-12-10-18(6)11-13-19/h7-14H2,1-6H3.